The highest BCUT2D eigenvalue weighted by atomic mass is 16.7. The summed E-state index contributed by atoms with van der Waals surface area (Å²) in [5.74, 6) is 1.38. The van der Waals surface area contributed by atoms with Gasteiger partial charge in [0.05, 0.1) is 14.2 Å². The number of methoxy groups -OCH3 is 2. The Morgan fingerprint density at radius 3 is 1.15 bits per heavy atom. The lowest BCUT2D eigenvalue weighted by Gasteiger charge is -1.99. The lowest BCUT2D eigenvalue weighted by Crippen LogP contribution is -1.91. The number of nitrogens with zero attached hydrogens (tertiary/aromatic N) is 4. The Kier molecular flexibility index (Phi) is 8.73. The van der Waals surface area contributed by atoms with Gasteiger partial charge in [-0.05, 0) is 34.0 Å². The number of hydrogen-bond donors (Lipinski definition) is 0. The minimum Gasteiger partial charge on any atom is -0.592 e. The van der Waals surface area contributed by atoms with E-state index in [9.17, 15) is 10.4 Å². The van der Waals surface area contributed by atoms with E-state index in [0.29, 0.717) is 32.6 Å². The Morgan fingerprint density at radius 2 is 0.923 bits per heavy atom. The molecule has 0 aromatic heterocycles. The molecule has 10 nitrogen and oxygen atoms in total. The predicted molar refractivity (Wildman–Crippen MR) is 91.4 cm³/mol. The molecule has 0 radical (unpaired) electrons. The molecule has 26 heavy (non-hydrogen) atoms. The summed E-state index contributed by atoms with van der Waals surface area (Å²) in [5.41, 5.74) is 0.783. The summed E-state index contributed by atoms with van der Waals surface area (Å²) in [6.07, 6.45) is 0. The van der Waals surface area contributed by atoms with Crippen molar-refractivity contribution in [1.29, 1.82) is 0 Å². The van der Waals surface area contributed by atoms with Gasteiger partial charge in [0.1, 0.15) is 25.7 Å². The summed E-state index contributed by atoms with van der Waals surface area (Å²) in [6, 6.07) is 13.1. The summed E-state index contributed by atoms with van der Waals surface area (Å²) in [5, 5.41) is 28.4. The molecule has 0 heterocycles. The van der Waals surface area contributed by atoms with Gasteiger partial charge in [-0.1, -0.05) is 0 Å². The molecule has 0 aliphatic heterocycles. The molecule has 0 atom stereocenters. The van der Waals surface area contributed by atoms with Gasteiger partial charge in [-0.25, -0.2) is 0 Å². The van der Waals surface area contributed by atoms with E-state index in [2.05, 4.69) is 20.2 Å². The fraction of sp³-hybridized carbons (Fsp3) is 0.250. The maximum Gasteiger partial charge on any atom is 0.248 e. The van der Waals surface area contributed by atoms with E-state index < -0.39 is 0 Å². The molecule has 0 aliphatic carbocycles. The highest BCUT2D eigenvalue weighted by Crippen LogP contribution is 2.18. The molecule has 140 valence electrons. The first kappa shape index (κ1) is 20.5. The van der Waals surface area contributed by atoms with Crippen molar-refractivity contribution in [3.63, 3.8) is 0 Å². The third kappa shape index (κ3) is 6.51. The van der Waals surface area contributed by atoms with E-state index in [1.165, 1.54) is 14.2 Å². The Balaban J connectivity index is 0.000000260. The number of ether oxygens (including phenoxy) is 2. The number of hydrogen-bond acceptors (Lipinski definition) is 8. The van der Waals surface area contributed by atoms with Crippen LogP contribution in [0.25, 0.3) is 0 Å². The summed E-state index contributed by atoms with van der Waals surface area (Å²) in [6.45, 7) is 0. The van der Waals surface area contributed by atoms with Crippen molar-refractivity contribution < 1.29 is 28.9 Å². The average Bonchev–Trinajstić information content (AvgIpc) is 2.69. The van der Waals surface area contributed by atoms with Crippen molar-refractivity contribution in [2.75, 3.05) is 28.4 Å². The molecule has 0 fully saturated rings. The molecule has 10 heteroatoms. The van der Waals surface area contributed by atoms with Crippen LogP contribution in [0.15, 0.2) is 59.1 Å². The lowest BCUT2D eigenvalue weighted by molar-refractivity contribution is -0.476. The second-order valence-electron chi connectivity index (χ2n) is 4.47. The second-order valence-corrected chi connectivity index (χ2v) is 4.47. The molecular formula is C16H20N4O6. The van der Waals surface area contributed by atoms with Crippen molar-refractivity contribution >= 4 is 11.4 Å². The molecule has 0 unspecified atom stereocenters. The average molecular weight is 364 g/mol. The topological polar surface area (TPSA) is 114 Å². The SMILES string of the molecule is CO/N=[N+](\[O-])c1ccc(OC)cc1.CO/N=[N+](\[O-])c1ccc(OC)cc1. The van der Waals surface area contributed by atoms with Gasteiger partial charge in [-0.3, -0.25) is 0 Å². The number of benzene rings is 2. The van der Waals surface area contributed by atoms with Crippen LogP contribution in [0.3, 0.4) is 0 Å². The van der Waals surface area contributed by atoms with E-state index in [4.69, 9.17) is 9.47 Å². The molecule has 0 amide bonds. The fourth-order valence-electron chi connectivity index (χ4n) is 1.66. The van der Waals surface area contributed by atoms with E-state index in [0.717, 1.165) is 0 Å². The maximum absolute atomic E-state index is 11.0. The monoisotopic (exact) mass is 364 g/mol. The van der Waals surface area contributed by atoms with Gasteiger partial charge in [0.25, 0.3) is 0 Å². The summed E-state index contributed by atoms with van der Waals surface area (Å²) in [7, 11) is 5.75. The summed E-state index contributed by atoms with van der Waals surface area (Å²) in [4.78, 5) is 9.42. The predicted octanol–water partition coefficient (Wildman–Crippen LogP) is 3.70. The third-order valence-corrected chi connectivity index (χ3v) is 2.90. The molecule has 2 aromatic rings. The zero-order valence-corrected chi connectivity index (χ0v) is 14.9. The Labute approximate surface area is 150 Å². The van der Waals surface area contributed by atoms with Crippen molar-refractivity contribution in [3.05, 3.63) is 58.9 Å². The van der Waals surface area contributed by atoms with E-state index >= 15 is 0 Å². The number of rotatable bonds is 6. The van der Waals surface area contributed by atoms with Crippen LogP contribution in [-0.4, -0.2) is 38.2 Å². The molecule has 0 aliphatic rings. The zero-order valence-electron chi connectivity index (χ0n) is 14.9. The maximum atomic E-state index is 11.0. The zero-order chi connectivity index (χ0) is 19.4. The highest BCUT2D eigenvalue weighted by Gasteiger charge is 2.03. The molecule has 2 rings (SSSR count). The Bertz CT molecular complexity index is 653. The van der Waals surface area contributed by atoms with Gasteiger partial charge in [-0.2, -0.15) is 0 Å². The molecule has 0 saturated carbocycles. The Morgan fingerprint density at radius 1 is 0.615 bits per heavy atom. The van der Waals surface area contributed by atoms with Crippen molar-refractivity contribution in [3.8, 4) is 11.5 Å². The molecule has 2 aromatic carbocycles. The first-order valence-corrected chi connectivity index (χ1v) is 7.26. The molecule has 0 bridgehead atoms. The summed E-state index contributed by atoms with van der Waals surface area (Å²) < 4.78 is 9.85. The van der Waals surface area contributed by atoms with Gasteiger partial charge in [0.2, 0.25) is 21.9 Å². The first-order valence-electron chi connectivity index (χ1n) is 7.26. The van der Waals surface area contributed by atoms with E-state index in [1.54, 1.807) is 62.8 Å². The highest BCUT2D eigenvalue weighted by molar-refractivity contribution is 5.36. The standard InChI is InChI=1S/2C8H10N2O3/c2*1-12-8-5-3-7(4-6-8)10(11)9-13-2/h2*3-6H,1-2H3/b2*10-9-. The van der Waals surface area contributed by atoms with Crippen molar-refractivity contribution in [2.24, 2.45) is 10.6 Å². The first-order chi connectivity index (χ1) is 12.5. The normalized spacial score (nSPS) is 11.1. The molecule has 0 N–H and O–H groups in total. The van der Waals surface area contributed by atoms with Crippen LogP contribution in [0.1, 0.15) is 0 Å². The smallest absolute Gasteiger partial charge is 0.248 e. The van der Waals surface area contributed by atoms with E-state index in [1.807, 2.05) is 0 Å². The minimum absolute atomic E-state index is 0.388. The van der Waals surface area contributed by atoms with Crippen molar-refractivity contribution in [2.45, 2.75) is 0 Å². The van der Waals surface area contributed by atoms with Crippen LogP contribution in [0.5, 0.6) is 11.5 Å². The van der Waals surface area contributed by atoms with Gasteiger partial charge in [0, 0.05) is 24.3 Å². The van der Waals surface area contributed by atoms with Crippen LogP contribution in [0.2, 0.25) is 0 Å². The van der Waals surface area contributed by atoms with Crippen LogP contribution in [-0.2, 0) is 9.68 Å². The van der Waals surface area contributed by atoms with Gasteiger partial charge < -0.3 is 29.6 Å². The third-order valence-electron chi connectivity index (χ3n) is 2.90. The van der Waals surface area contributed by atoms with Crippen molar-refractivity contribution in [1.82, 2.24) is 0 Å². The van der Waals surface area contributed by atoms with Gasteiger partial charge in [0.15, 0.2) is 0 Å². The molecule has 0 saturated heterocycles. The lowest BCUT2D eigenvalue weighted by atomic mass is 10.3. The quantitative estimate of drug-likeness (QED) is 0.438. The largest absolute Gasteiger partial charge is 0.592 e. The Hall–Kier alpha value is -3.56. The molecule has 0 spiro atoms. The van der Waals surface area contributed by atoms with Crippen LogP contribution < -0.4 is 9.47 Å². The second kappa shape index (κ2) is 11.1. The van der Waals surface area contributed by atoms with Crippen LogP contribution in [0, 0.1) is 10.4 Å². The fourth-order valence-corrected chi connectivity index (χ4v) is 1.66. The van der Waals surface area contributed by atoms with Gasteiger partial charge >= 0.3 is 0 Å². The molecular weight excluding hydrogens is 344 g/mol. The van der Waals surface area contributed by atoms with E-state index in [-0.39, 0.29) is 0 Å². The minimum atomic E-state index is 0.388. The summed E-state index contributed by atoms with van der Waals surface area (Å²) >= 11 is 0. The van der Waals surface area contributed by atoms with Crippen LogP contribution >= 0.6 is 0 Å². The van der Waals surface area contributed by atoms with Gasteiger partial charge in [-0.15, -0.1) is 0 Å². The van der Waals surface area contributed by atoms with Crippen LogP contribution in [0.4, 0.5) is 11.4 Å².